The van der Waals surface area contributed by atoms with E-state index in [0.29, 0.717) is 23.8 Å². The SMILES string of the molecule is C=CCN(CC=C)C(=S)N/N=C\c1ccccc1[N+](=O)[O-]. The maximum atomic E-state index is 10.9. The van der Waals surface area contributed by atoms with Crippen molar-refractivity contribution in [2.24, 2.45) is 5.10 Å². The normalized spacial score (nSPS) is 10.1. The van der Waals surface area contributed by atoms with Gasteiger partial charge in [0.15, 0.2) is 5.11 Å². The first-order valence-electron chi connectivity index (χ1n) is 6.13. The second-order valence-corrected chi connectivity index (χ2v) is 4.36. The van der Waals surface area contributed by atoms with Gasteiger partial charge in [0.25, 0.3) is 5.69 Å². The lowest BCUT2D eigenvalue weighted by Crippen LogP contribution is -2.37. The van der Waals surface area contributed by atoms with Crippen LogP contribution in [0.25, 0.3) is 0 Å². The molecule has 1 aromatic rings. The zero-order valence-corrected chi connectivity index (χ0v) is 12.3. The molecule has 0 heterocycles. The third-order valence-electron chi connectivity index (χ3n) is 2.48. The maximum Gasteiger partial charge on any atom is 0.278 e. The molecule has 0 saturated carbocycles. The number of hydrogen-bond donors (Lipinski definition) is 1. The van der Waals surface area contributed by atoms with Crippen molar-refractivity contribution in [3.63, 3.8) is 0 Å². The molecule has 21 heavy (non-hydrogen) atoms. The fraction of sp³-hybridized carbons (Fsp3) is 0.143. The third-order valence-corrected chi connectivity index (χ3v) is 2.83. The number of nitrogens with one attached hydrogen (secondary N) is 1. The summed E-state index contributed by atoms with van der Waals surface area (Å²) in [6.45, 7) is 8.40. The van der Waals surface area contributed by atoms with Crippen molar-refractivity contribution in [1.82, 2.24) is 10.3 Å². The van der Waals surface area contributed by atoms with Gasteiger partial charge in [0.1, 0.15) is 0 Å². The Morgan fingerprint density at radius 2 is 2.00 bits per heavy atom. The molecule has 0 bridgehead atoms. The highest BCUT2D eigenvalue weighted by molar-refractivity contribution is 7.80. The fourth-order valence-electron chi connectivity index (χ4n) is 1.54. The van der Waals surface area contributed by atoms with Crippen molar-refractivity contribution in [2.75, 3.05) is 13.1 Å². The molecule has 1 N–H and O–H groups in total. The van der Waals surface area contributed by atoms with E-state index in [1.165, 1.54) is 12.3 Å². The molecule has 1 rings (SSSR count). The van der Waals surface area contributed by atoms with E-state index >= 15 is 0 Å². The molecule has 0 saturated heterocycles. The first-order chi connectivity index (χ1) is 10.1. The summed E-state index contributed by atoms with van der Waals surface area (Å²) in [4.78, 5) is 12.2. The Hall–Kier alpha value is -2.54. The fourth-order valence-corrected chi connectivity index (χ4v) is 1.74. The van der Waals surface area contributed by atoms with Gasteiger partial charge in [-0.3, -0.25) is 15.5 Å². The second-order valence-electron chi connectivity index (χ2n) is 3.97. The minimum atomic E-state index is -0.457. The molecule has 0 aliphatic carbocycles. The van der Waals surface area contributed by atoms with Crippen molar-refractivity contribution in [1.29, 1.82) is 0 Å². The zero-order valence-electron chi connectivity index (χ0n) is 11.4. The molecule has 0 fully saturated rings. The number of benzene rings is 1. The first-order valence-corrected chi connectivity index (χ1v) is 6.54. The number of para-hydroxylation sites is 1. The molecule has 0 aliphatic rings. The third kappa shape index (κ3) is 5.15. The molecular weight excluding hydrogens is 288 g/mol. The first kappa shape index (κ1) is 16.5. The van der Waals surface area contributed by atoms with E-state index in [2.05, 4.69) is 23.7 Å². The number of hydrazone groups is 1. The molecule has 0 radical (unpaired) electrons. The molecule has 0 aromatic heterocycles. The van der Waals surface area contributed by atoms with Crippen LogP contribution in [0.2, 0.25) is 0 Å². The average molecular weight is 304 g/mol. The van der Waals surface area contributed by atoms with Gasteiger partial charge in [-0.05, 0) is 18.3 Å². The highest BCUT2D eigenvalue weighted by atomic mass is 32.1. The monoisotopic (exact) mass is 304 g/mol. The molecule has 110 valence electrons. The van der Waals surface area contributed by atoms with Gasteiger partial charge >= 0.3 is 0 Å². The van der Waals surface area contributed by atoms with Crippen LogP contribution in [-0.4, -0.2) is 34.2 Å². The van der Waals surface area contributed by atoms with Gasteiger partial charge in [-0.2, -0.15) is 5.10 Å². The summed E-state index contributed by atoms with van der Waals surface area (Å²) in [6, 6.07) is 6.33. The smallest absolute Gasteiger partial charge is 0.278 e. The topological polar surface area (TPSA) is 70.8 Å². The molecule has 6 nitrogen and oxygen atoms in total. The van der Waals surface area contributed by atoms with Crippen LogP contribution in [0.4, 0.5) is 5.69 Å². The van der Waals surface area contributed by atoms with Gasteiger partial charge in [-0.25, -0.2) is 0 Å². The number of nitro benzene ring substituents is 1. The summed E-state index contributed by atoms with van der Waals surface area (Å²) >= 11 is 5.18. The van der Waals surface area contributed by atoms with Gasteiger partial charge in [-0.15, -0.1) is 13.2 Å². The summed E-state index contributed by atoms with van der Waals surface area (Å²) in [5.41, 5.74) is 3.06. The largest absolute Gasteiger partial charge is 0.340 e. The van der Waals surface area contributed by atoms with Crippen molar-refractivity contribution in [3.05, 3.63) is 65.3 Å². The van der Waals surface area contributed by atoms with Gasteiger partial charge in [0.2, 0.25) is 0 Å². The predicted octanol–water partition coefficient (Wildman–Crippen LogP) is 2.48. The Morgan fingerprint density at radius 1 is 1.38 bits per heavy atom. The molecule has 0 spiro atoms. The predicted molar refractivity (Wildman–Crippen MR) is 88.4 cm³/mol. The van der Waals surface area contributed by atoms with E-state index in [1.807, 2.05) is 0 Å². The Kier molecular flexibility index (Phi) is 6.76. The van der Waals surface area contributed by atoms with E-state index in [-0.39, 0.29) is 5.69 Å². The average Bonchev–Trinajstić information content (AvgIpc) is 2.47. The summed E-state index contributed by atoms with van der Waals surface area (Å²) in [5.74, 6) is 0. The summed E-state index contributed by atoms with van der Waals surface area (Å²) in [7, 11) is 0. The lowest BCUT2D eigenvalue weighted by atomic mass is 10.2. The van der Waals surface area contributed by atoms with Crippen molar-refractivity contribution in [2.45, 2.75) is 0 Å². The van der Waals surface area contributed by atoms with E-state index in [4.69, 9.17) is 12.2 Å². The number of thiocarbonyl (C=S) groups is 1. The quantitative estimate of drug-likeness (QED) is 0.275. The van der Waals surface area contributed by atoms with Crippen molar-refractivity contribution >= 4 is 29.2 Å². The maximum absolute atomic E-state index is 10.9. The highest BCUT2D eigenvalue weighted by Crippen LogP contribution is 2.14. The minimum Gasteiger partial charge on any atom is -0.340 e. The standard InChI is InChI=1S/C14H16N4O2S/c1-3-9-17(10-4-2)14(21)16-15-11-12-7-5-6-8-13(12)18(19)20/h3-8,11H,1-2,9-10H2,(H,16,21)/b15-11-. The highest BCUT2D eigenvalue weighted by Gasteiger charge is 2.10. The number of nitrogens with zero attached hydrogens (tertiary/aromatic N) is 3. The van der Waals surface area contributed by atoms with Crippen LogP contribution < -0.4 is 5.43 Å². The number of hydrogen-bond acceptors (Lipinski definition) is 4. The number of rotatable bonds is 7. The summed E-state index contributed by atoms with van der Waals surface area (Å²) in [6.07, 6.45) is 4.79. The lowest BCUT2D eigenvalue weighted by molar-refractivity contribution is -0.385. The van der Waals surface area contributed by atoms with Gasteiger partial charge in [0.05, 0.1) is 16.7 Å². The van der Waals surface area contributed by atoms with Gasteiger partial charge in [-0.1, -0.05) is 24.3 Å². The summed E-state index contributed by atoms with van der Waals surface area (Å²) < 4.78 is 0. The Balaban J connectivity index is 2.73. The van der Waals surface area contributed by atoms with Crippen molar-refractivity contribution < 1.29 is 4.92 Å². The molecule has 0 amide bonds. The van der Waals surface area contributed by atoms with Crippen LogP contribution in [0, 0.1) is 10.1 Å². The van der Waals surface area contributed by atoms with Crippen LogP contribution in [0.5, 0.6) is 0 Å². The van der Waals surface area contributed by atoms with E-state index in [9.17, 15) is 10.1 Å². The van der Waals surface area contributed by atoms with E-state index in [1.54, 1.807) is 35.3 Å². The van der Waals surface area contributed by atoms with Crippen LogP contribution in [0.3, 0.4) is 0 Å². The van der Waals surface area contributed by atoms with Crippen LogP contribution in [0.1, 0.15) is 5.56 Å². The molecule has 0 atom stereocenters. The van der Waals surface area contributed by atoms with Crippen LogP contribution >= 0.6 is 12.2 Å². The molecule has 7 heteroatoms. The zero-order chi connectivity index (χ0) is 15.7. The van der Waals surface area contributed by atoms with Gasteiger partial charge in [0, 0.05) is 19.2 Å². The summed E-state index contributed by atoms with van der Waals surface area (Å²) in [5, 5.41) is 15.2. The van der Waals surface area contributed by atoms with Gasteiger partial charge < -0.3 is 4.90 Å². The van der Waals surface area contributed by atoms with E-state index < -0.39 is 4.92 Å². The Morgan fingerprint density at radius 3 is 2.57 bits per heavy atom. The number of nitro groups is 1. The van der Waals surface area contributed by atoms with Crippen molar-refractivity contribution in [3.8, 4) is 0 Å². The second kappa shape index (κ2) is 8.60. The lowest BCUT2D eigenvalue weighted by Gasteiger charge is -2.20. The Labute approximate surface area is 128 Å². The molecule has 0 unspecified atom stereocenters. The molecular formula is C14H16N4O2S. The molecule has 1 aromatic carbocycles. The Bertz CT molecular complexity index is 562. The minimum absolute atomic E-state index is 0.0111. The van der Waals surface area contributed by atoms with Crippen LogP contribution in [-0.2, 0) is 0 Å². The van der Waals surface area contributed by atoms with E-state index in [0.717, 1.165) is 0 Å². The van der Waals surface area contributed by atoms with Crippen LogP contribution in [0.15, 0.2) is 54.7 Å². The molecule has 0 aliphatic heterocycles.